The minimum atomic E-state index is -2.83. The number of benzene rings is 2. The zero-order valence-corrected chi connectivity index (χ0v) is 11.0. The molecule has 0 spiro atoms. The van der Waals surface area contributed by atoms with Gasteiger partial charge in [-0.05, 0) is 35.9 Å². The van der Waals surface area contributed by atoms with Crippen LogP contribution in [0.5, 0.6) is 5.75 Å². The van der Waals surface area contributed by atoms with Crippen LogP contribution in [0.3, 0.4) is 0 Å². The number of nitrogens with one attached hydrogen (secondary N) is 1. The van der Waals surface area contributed by atoms with Crippen molar-refractivity contribution in [2.75, 3.05) is 5.32 Å². The number of hydrogen-bond donors (Lipinski definition) is 1. The topological polar surface area (TPSA) is 21.3 Å². The first-order valence-corrected chi connectivity index (χ1v) is 6.15. The van der Waals surface area contributed by atoms with Gasteiger partial charge in [0.05, 0.1) is 5.02 Å². The van der Waals surface area contributed by atoms with Gasteiger partial charge >= 0.3 is 6.61 Å². The Hall–Kier alpha value is -1.88. The van der Waals surface area contributed by atoms with E-state index in [4.69, 9.17) is 11.6 Å². The molecule has 20 heavy (non-hydrogen) atoms. The van der Waals surface area contributed by atoms with E-state index < -0.39 is 12.4 Å². The minimum Gasteiger partial charge on any atom is -0.435 e. The van der Waals surface area contributed by atoms with Crippen molar-refractivity contribution in [3.63, 3.8) is 0 Å². The van der Waals surface area contributed by atoms with E-state index in [0.717, 1.165) is 5.56 Å². The van der Waals surface area contributed by atoms with Gasteiger partial charge in [-0.25, -0.2) is 4.39 Å². The van der Waals surface area contributed by atoms with Gasteiger partial charge < -0.3 is 10.1 Å². The lowest BCUT2D eigenvalue weighted by Gasteiger charge is -2.08. The highest BCUT2D eigenvalue weighted by molar-refractivity contribution is 6.31. The van der Waals surface area contributed by atoms with Crippen LogP contribution in [0, 0.1) is 5.82 Å². The molecular formula is C14H11ClF3NO. The highest BCUT2D eigenvalue weighted by Crippen LogP contribution is 2.20. The van der Waals surface area contributed by atoms with Crippen LogP contribution in [0.1, 0.15) is 5.56 Å². The number of rotatable bonds is 5. The second kappa shape index (κ2) is 6.52. The molecule has 0 aliphatic rings. The highest BCUT2D eigenvalue weighted by Gasteiger charge is 2.04. The molecule has 0 aliphatic carbocycles. The second-order valence-corrected chi connectivity index (χ2v) is 4.41. The van der Waals surface area contributed by atoms with Crippen LogP contribution in [-0.4, -0.2) is 6.61 Å². The first-order valence-electron chi connectivity index (χ1n) is 5.77. The summed E-state index contributed by atoms with van der Waals surface area (Å²) in [4.78, 5) is 0. The van der Waals surface area contributed by atoms with E-state index in [9.17, 15) is 13.2 Å². The van der Waals surface area contributed by atoms with Crippen LogP contribution in [0.2, 0.25) is 5.02 Å². The molecule has 0 amide bonds. The lowest BCUT2D eigenvalue weighted by Crippen LogP contribution is -2.03. The van der Waals surface area contributed by atoms with Crippen LogP contribution in [0.25, 0.3) is 0 Å². The maximum atomic E-state index is 13.0. The Kier molecular flexibility index (Phi) is 4.74. The maximum Gasteiger partial charge on any atom is 0.387 e. The highest BCUT2D eigenvalue weighted by atomic mass is 35.5. The Balaban J connectivity index is 1.95. The zero-order valence-electron chi connectivity index (χ0n) is 10.2. The zero-order chi connectivity index (χ0) is 14.5. The molecule has 0 aromatic heterocycles. The Bertz CT molecular complexity index is 575. The quantitative estimate of drug-likeness (QED) is 0.865. The summed E-state index contributed by atoms with van der Waals surface area (Å²) >= 11 is 5.66. The average Bonchev–Trinajstić information content (AvgIpc) is 2.41. The van der Waals surface area contributed by atoms with Gasteiger partial charge in [-0.2, -0.15) is 8.78 Å². The molecule has 0 saturated carbocycles. The molecule has 1 N–H and O–H groups in total. The third kappa shape index (κ3) is 4.06. The lowest BCUT2D eigenvalue weighted by molar-refractivity contribution is -0.0498. The van der Waals surface area contributed by atoms with Crippen LogP contribution in [0.15, 0.2) is 42.5 Å². The van der Waals surface area contributed by atoms with E-state index >= 15 is 0 Å². The number of anilines is 1. The van der Waals surface area contributed by atoms with Crippen molar-refractivity contribution in [3.8, 4) is 5.75 Å². The summed E-state index contributed by atoms with van der Waals surface area (Å²) < 4.78 is 41.2. The van der Waals surface area contributed by atoms with E-state index in [-0.39, 0.29) is 10.8 Å². The number of ether oxygens (including phenoxy) is 1. The van der Waals surface area contributed by atoms with Gasteiger partial charge in [0.25, 0.3) is 0 Å². The molecule has 2 rings (SSSR count). The van der Waals surface area contributed by atoms with Crippen LogP contribution >= 0.6 is 11.6 Å². The third-order valence-electron chi connectivity index (χ3n) is 2.56. The Labute approximate surface area is 119 Å². The molecule has 0 radical (unpaired) electrons. The Morgan fingerprint density at radius 3 is 2.40 bits per heavy atom. The van der Waals surface area contributed by atoms with Crippen molar-refractivity contribution < 1.29 is 17.9 Å². The van der Waals surface area contributed by atoms with Crippen LogP contribution in [-0.2, 0) is 6.54 Å². The molecule has 2 aromatic carbocycles. The molecule has 0 unspecified atom stereocenters. The van der Waals surface area contributed by atoms with Crippen molar-refractivity contribution in [1.29, 1.82) is 0 Å². The van der Waals surface area contributed by atoms with Crippen molar-refractivity contribution >= 4 is 17.3 Å². The molecule has 106 valence electrons. The summed E-state index contributed by atoms with van der Waals surface area (Å²) in [6.07, 6.45) is 0. The van der Waals surface area contributed by atoms with E-state index in [1.54, 1.807) is 18.2 Å². The van der Waals surface area contributed by atoms with Crippen LogP contribution < -0.4 is 10.1 Å². The van der Waals surface area contributed by atoms with Gasteiger partial charge in [0, 0.05) is 12.2 Å². The summed E-state index contributed by atoms with van der Waals surface area (Å²) in [5.74, 6) is -0.376. The van der Waals surface area contributed by atoms with Gasteiger partial charge in [0.15, 0.2) is 0 Å². The first-order chi connectivity index (χ1) is 9.54. The van der Waals surface area contributed by atoms with E-state index in [2.05, 4.69) is 10.1 Å². The van der Waals surface area contributed by atoms with Gasteiger partial charge in [0.2, 0.25) is 0 Å². The van der Waals surface area contributed by atoms with Gasteiger partial charge in [-0.3, -0.25) is 0 Å². The number of alkyl halides is 2. The molecule has 0 bridgehead atoms. The third-order valence-corrected chi connectivity index (χ3v) is 2.85. The van der Waals surface area contributed by atoms with E-state index in [1.807, 2.05) is 0 Å². The number of hydrogen-bond acceptors (Lipinski definition) is 2. The van der Waals surface area contributed by atoms with Crippen molar-refractivity contribution in [2.45, 2.75) is 13.2 Å². The summed E-state index contributed by atoms with van der Waals surface area (Å²) in [6, 6.07) is 10.6. The van der Waals surface area contributed by atoms with E-state index in [1.165, 1.54) is 24.3 Å². The Morgan fingerprint density at radius 1 is 1.10 bits per heavy atom. The molecule has 2 nitrogen and oxygen atoms in total. The van der Waals surface area contributed by atoms with Crippen molar-refractivity contribution in [2.24, 2.45) is 0 Å². The largest absolute Gasteiger partial charge is 0.435 e. The lowest BCUT2D eigenvalue weighted by atomic mass is 10.2. The summed E-state index contributed by atoms with van der Waals surface area (Å²) in [5, 5.41) is 3.09. The van der Waals surface area contributed by atoms with Gasteiger partial charge in [-0.1, -0.05) is 23.7 Å². The SMILES string of the molecule is Fc1ccc(NCc2ccc(OC(F)F)cc2)cc1Cl. The molecule has 0 fully saturated rings. The fraction of sp³-hybridized carbons (Fsp3) is 0.143. The fourth-order valence-electron chi connectivity index (χ4n) is 1.60. The second-order valence-electron chi connectivity index (χ2n) is 4.00. The minimum absolute atomic E-state index is 0.0377. The smallest absolute Gasteiger partial charge is 0.387 e. The van der Waals surface area contributed by atoms with Crippen LogP contribution in [0.4, 0.5) is 18.9 Å². The molecular weight excluding hydrogens is 291 g/mol. The number of halogens is 4. The summed E-state index contributed by atoms with van der Waals surface area (Å²) in [5.41, 5.74) is 1.54. The summed E-state index contributed by atoms with van der Waals surface area (Å²) in [6.45, 7) is -2.38. The van der Waals surface area contributed by atoms with E-state index in [0.29, 0.717) is 12.2 Å². The molecule has 0 heterocycles. The predicted octanol–water partition coefficient (Wildman–Crippen LogP) is 4.69. The normalized spacial score (nSPS) is 10.7. The molecule has 6 heteroatoms. The van der Waals surface area contributed by atoms with Crippen molar-refractivity contribution in [1.82, 2.24) is 0 Å². The first kappa shape index (κ1) is 14.5. The molecule has 2 aromatic rings. The fourth-order valence-corrected chi connectivity index (χ4v) is 1.78. The molecule has 0 aliphatic heterocycles. The monoisotopic (exact) mass is 301 g/mol. The standard InChI is InChI=1S/C14H11ClF3NO/c15-12-7-10(3-6-13(12)16)19-8-9-1-4-11(5-2-9)20-14(17)18/h1-7,14,19H,8H2. The predicted molar refractivity (Wildman–Crippen MR) is 71.8 cm³/mol. The van der Waals surface area contributed by atoms with Crippen molar-refractivity contribution in [3.05, 3.63) is 58.9 Å². The Morgan fingerprint density at radius 2 is 1.80 bits per heavy atom. The molecule has 0 atom stereocenters. The summed E-state index contributed by atoms with van der Waals surface area (Å²) in [7, 11) is 0. The maximum absolute atomic E-state index is 13.0. The van der Waals surface area contributed by atoms with Gasteiger partial charge in [0.1, 0.15) is 11.6 Å². The van der Waals surface area contributed by atoms with Gasteiger partial charge in [-0.15, -0.1) is 0 Å². The molecule has 0 saturated heterocycles. The average molecular weight is 302 g/mol.